The van der Waals surface area contributed by atoms with Crippen molar-refractivity contribution < 1.29 is 81.1 Å². The smallest absolute Gasteiger partial charge is 0.418 e. The number of likely N-dealkylation sites (N-methyl/N-ethyl adjacent to an activating group) is 2. The topological polar surface area (TPSA) is 230 Å². The van der Waals surface area contributed by atoms with Crippen molar-refractivity contribution in [2.24, 2.45) is 5.92 Å². The lowest BCUT2D eigenvalue weighted by atomic mass is 9.96. The van der Waals surface area contributed by atoms with Crippen molar-refractivity contribution in [1.82, 2.24) is 64.4 Å². The Morgan fingerprint density at radius 1 is 0.404 bits per heavy atom. The zero-order chi connectivity index (χ0) is 100. The molecule has 20 nitrogen and oxygen atoms in total. The van der Waals surface area contributed by atoms with Gasteiger partial charge in [0.1, 0.15) is 25.3 Å². The van der Waals surface area contributed by atoms with Gasteiger partial charge in [-0.25, -0.2) is 39.9 Å². The van der Waals surface area contributed by atoms with Gasteiger partial charge in [-0.2, -0.15) is 52.7 Å². The van der Waals surface area contributed by atoms with Crippen molar-refractivity contribution >= 4 is 34.6 Å². The second-order valence-corrected chi connectivity index (χ2v) is 34.6. The molecule has 0 amide bonds. The number of aryl methyl sites for hydroxylation is 3. The Bertz CT molecular complexity index is 6660. The first kappa shape index (κ1) is 107. The van der Waals surface area contributed by atoms with Gasteiger partial charge >= 0.3 is 24.7 Å². The van der Waals surface area contributed by atoms with Crippen molar-refractivity contribution in [3.63, 3.8) is 0 Å². The highest BCUT2D eigenvalue weighted by Crippen LogP contribution is 2.40. The number of alkyl halides is 12. The number of hydrogen-bond acceptors (Lipinski definition) is 20. The maximum absolute atomic E-state index is 14.0. The molecule has 7 aromatic carbocycles. The minimum Gasteiger partial charge on any atom is -0.445 e. The van der Waals surface area contributed by atoms with E-state index in [-0.39, 0.29) is 134 Å². The number of carbonyl (C=O) groups excluding carboxylic acids is 5. The molecule has 3 fully saturated rings. The molecule has 0 spiro atoms. The molecular weight excluding hydrogens is 1830 g/mol. The molecule has 32 heteroatoms. The van der Waals surface area contributed by atoms with Crippen LogP contribution in [0.4, 0.5) is 58.4 Å². The van der Waals surface area contributed by atoms with Crippen LogP contribution < -0.4 is 5.32 Å². The minimum atomic E-state index is -4.63. The molecule has 0 bridgehead atoms. The number of carbonyl (C=O) groups is 5. The molecule has 0 radical (unpaired) electrons. The number of rotatable bonds is 23. The fourth-order valence-corrected chi connectivity index (χ4v) is 15.6. The number of nitrogens with zero attached hydrogens (tertiary/aromatic N) is 13. The molecule has 141 heavy (non-hydrogen) atoms. The molecule has 8 heterocycles. The number of halogens is 12. The Balaban J connectivity index is 0.000000179. The highest BCUT2D eigenvalue weighted by Gasteiger charge is 2.39. The molecule has 2 atom stereocenters. The zero-order valence-electron chi connectivity index (χ0n) is 78.1. The fraction of sp³-hybridized carbons (Fsp3) is 0.312. The summed E-state index contributed by atoms with van der Waals surface area (Å²) in [6.07, 6.45) is 1.59. The van der Waals surface area contributed by atoms with Gasteiger partial charge in [-0.1, -0.05) is 142 Å². The first-order chi connectivity index (χ1) is 66.7. The van der Waals surface area contributed by atoms with Crippen LogP contribution in [0.1, 0.15) is 205 Å². The number of furan rings is 1. The van der Waals surface area contributed by atoms with Crippen molar-refractivity contribution in [3.8, 4) is 47.4 Å². The molecular formula is C109H104F12N14O6. The molecule has 15 rings (SSSR count). The van der Waals surface area contributed by atoms with Gasteiger partial charge in [0, 0.05) is 192 Å². The van der Waals surface area contributed by atoms with Gasteiger partial charge in [0.25, 0.3) is 0 Å². The van der Waals surface area contributed by atoms with Crippen LogP contribution in [-0.4, -0.2) is 179 Å². The molecule has 0 saturated carbocycles. The van der Waals surface area contributed by atoms with Crippen LogP contribution in [0.15, 0.2) is 219 Å². The van der Waals surface area contributed by atoms with Crippen LogP contribution >= 0.6 is 0 Å². The third-order valence-corrected chi connectivity index (χ3v) is 23.6. The number of hydrogen-bond donors (Lipinski definition) is 1. The molecule has 0 aliphatic carbocycles. The van der Waals surface area contributed by atoms with Crippen molar-refractivity contribution in [1.29, 1.82) is 0 Å². The number of nitrogens with one attached hydrogen (secondary N) is 1. The molecule has 12 aromatic rings. The fourth-order valence-electron chi connectivity index (χ4n) is 15.6. The highest BCUT2D eigenvalue weighted by molar-refractivity contribution is 6.00. The lowest BCUT2D eigenvalue weighted by Crippen LogP contribution is -2.44. The molecule has 5 aromatic heterocycles. The summed E-state index contributed by atoms with van der Waals surface area (Å²) in [6, 6.07) is 35.0. The second-order valence-electron chi connectivity index (χ2n) is 34.6. The van der Waals surface area contributed by atoms with Gasteiger partial charge in [0.05, 0.1) is 51.1 Å². The number of aromatic nitrogens is 8. The van der Waals surface area contributed by atoms with E-state index in [4.69, 9.17) is 4.42 Å². The van der Waals surface area contributed by atoms with Gasteiger partial charge < -0.3 is 19.5 Å². The molecule has 0 unspecified atom stereocenters. The average molecular weight is 1930 g/mol. The van der Waals surface area contributed by atoms with Crippen LogP contribution in [0.5, 0.6) is 0 Å². The summed E-state index contributed by atoms with van der Waals surface area (Å²) in [5.74, 6) is 22.8. The Kier molecular flexibility index (Phi) is 37.4. The number of benzene rings is 7. The van der Waals surface area contributed by atoms with Crippen LogP contribution in [0.3, 0.4) is 0 Å². The van der Waals surface area contributed by atoms with Crippen LogP contribution in [0.2, 0.25) is 0 Å². The average Bonchev–Trinajstić information content (AvgIpc) is 1.79. The SMILES string of the molecule is C.CCC(=O)CNc1ccc(CC(=O)c2ccc(C)c(C#Cc3cncnc3)c2)cc1C(F)(F)F.CN1CCN(Cc2ccc(CC(=O)c3ccc(C#Cc4cncnc4)o3)cc2C(F)(F)F)CC1.Cc1ccc(C(=O)Cc2ccc(CN3CC[C@H](C)C3)c(C(F)(F)F)c2)cc1C#Cc1cncnc1.Cc1ccc(C(=O)Cc2ccc(CN3CC[C@H](N(C)C)C3)c(C(F)(F)F)c2)cc1C#Cc1cncnc1. The molecule has 730 valence electrons. The van der Waals surface area contributed by atoms with Gasteiger partial charge in [0.15, 0.2) is 34.7 Å². The van der Waals surface area contributed by atoms with Gasteiger partial charge in [0.2, 0.25) is 5.78 Å². The van der Waals surface area contributed by atoms with Crippen molar-refractivity contribution in [2.45, 2.75) is 137 Å². The first-order valence-electron chi connectivity index (χ1n) is 44.9. The number of anilines is 1. The number of ketones is 5. The third-order valence-electron chi connectivity index (χ3n) is 23.6. The maximum atomic E-state index is 14.0. The number of Topliss-reactive ketones (excluding diaryl/α,β-unsaturated/α-hetero) is 5. The van der Waals surface area contributed by atoms with Gasteiger partial charge in [-0.05, 0) is 189 Å². The lowest BCUT2D eigenvalue weighted by Gasteiger charge is -2.33. The summed E-state index contributed by atoms with van der Waals surface area (Å²) >= 11 is 0. The summed E-state index contributed by atoms with van der Waals surface area (Å²) in [5.41, 5.74) is 7.02. The number of likely N-dealkylation sites (tertiary alicyclic amines) is 2. The summed E-state index contributed by atoms with van der Waals surface area (Å²) in [6.45, 7) is 16.1. The van der Waals surface area contributed by atoms with E-state index in [0.29, 0.717) is 78.7 Å². The monoisotopic (exact) mass is 1930 g/mol. The normalized spacial score (nSPS) is 14.4. The Morgan fingerprint density at radius 3 is 1.11 bits per heavy atom. The van der Waals surface area contributed by atoms with E-state index in [0.717, 1.165) is 106 Å². The largest absolute Gasteiger partial charge is 0.445 e. The summed E-state index contributed by atoms with van der Waals surface area (Å²) in [5, 5.41) is 2.55. The molecule has 1 N–H and O–H groups in total. The molecule has 3 saturated heterocycles. The van der Waals surface area contributed by atoms with Crippen molar-refractivity contribution in [2.75, 3.05) is 85.4 Å². The Morgan fingerprint density at radius 2 is 0.752 bits per heavy atom. The third kappa shape index (κ3) is 32.0. The van der Waals surface area contributed by atoms with E-state index in [2.05, 4.69) is 119 Å². The first-order valence-corrected chi connectivity index (χ1v) is 44.9. The van der Waals surface area contributed by atoms with Crippen molar-refractivity contribution in [3.05, 3.63) is 359 Å². The summed E-state index contributed by atoms with van der Waals surface area (Å²) in [4.78, 5) is 105. The molecule has 3 aliphatic heterocycles. The highest BCUT2D eigenvalue weighted by atomic mass is 19.4. The predicted octanol–water partition coefficient (Wildman–Crippen LogP) is 19.6. The number of piperazine rings is 1. The second kappa shape index (κ2) is 49.4. The van der Waals surface area contributed by atoms with Crippen LogP contribution in [0.25, 0.3) is 0 Å². The van der Waals surface area contributed by atoms with E-state index in [1.807, 2.05) is 46.8 Å². The minimum absolute atomic E-state index is 0. The van der Waals surface area contributed by atoms with Gasteiger partial charge in [-0.15, -0.1) is 0 Å². The molecule has 3 aliphatic rings. The standard InChI is InChI=1S/C29H29F3N4O.C28H26F3N3O.C26H22F3N3O2.C25H23F3N4O2.CH4/c1-20-4-7-24(14-23(20)8-6-22-15-33-19-34-16-22)28(37)13-21-5-9-25(27(12-21)29(30,31)32)17-36-11-10-26(18-36)35(2)3;1-19-9-10-34(16-19)17-25-8-4-21(11-26(25)28(29,30)31)12-27(35)24-6-3-20(2)23(13-24)7-5-22-14-32-18-33-15-22;1-3-22(33)15-32-24-9-6-18(10-23(24)26(27,28)29)11-25(34)21-7-4-17(2)20(12-21)8-5-19-13-30-16-31-14-19;1-31-8-10-32(11-9-31)16-20-4-2-18(12-22(20)25(26,27)28)13-23(33)24-7-6-21(34-24)5-3-19-14-29-17-30-15-19;/h4-5,7,9,12,14-16,19,26H,10-11,13,17-18H2,1-3H3;3-4,6,8,11,13-15,18-19H,9-10,12,16-17H2,1-2H3;4,6-7,9-10,12-14,16,32H,3,11,15H2,1-2H3;2,4,6-7,12,14-15,17H,8-11,13,16H2,1H3;1H4/t26-;19-;;;/m00.../s1. The zero-order valence-corrected chi connectivity index (χ0v) is 78.1. The Hall–Kier alpha value is -14.5. The van der Waals surface area contributed by atoms with Crippen LogP contribution in [0, 0.1) is 74.1 Å². The summed E-state index contributed by atoms with van der Waals surface area (Å²) < 4.78 is 171. The van der Waals surface area contributed by atoms with E-state index in [1.54, 1.807) is 135 Å². The predicted molar refractivity (Wildman–Crippen MR) is 512 cm³/mol. The van der Waals surface area contributed by atoms with Crippen LogP contribution in [-0.2, 0) is 74.8 Å². The maximum Gasteiger partial charge on any atom is 0.418 e. The van der Waals surface area contributed by atoms with E-state index >= 15 is 0 Å². The van der Waals surface area contributed by atoms with E-state index in [9.17, 15) is 76.7 Å². The summed E-state index contributed by atoms with van der Waals surface area (Å²) in [7, 11) is 5.98. The van der Waals surface area contributed by atoms with E-state index < -0.39 is 52.7 Å². The van der Waals surface area contributed by atoms with E-state index in [1.165, 1.54) is 61.7 Å². The Labute approximate surface area is 811 Å². The van der Waals surface area contributed by atoms with Gasteiger partial charge in [-0.3, -0.25) is 38.7 Å². The lowest BCUT2D eigenvalue weighted by molar-refractivity contribution is -0.139. The quantitative estimate of drug-likeness (QED) is 0.0356.